The molecule has 0 saturated carbocycles. The monoisotopic (exact) mass is 461 g/mol. The molecule has 2 aliphatic rings. The number of likely N-dealkylation sites (N-methyl/N-ethyl adjacent to an activating group) is 1. The number of fused-ring (bicyclic) bond motifs is 1. The van der Waals surface area contributed by atoms with Gasteiger partial charge in [-0.2, -0.15) is 0 Å². The highest BCUT2D eigenvalue weighted by Gasteiger charge is 2.48. The molecule has 9 nitrogen and oxygen atoms in total. The van der Waals surface area contributed by atoms with Gasteiger partial charge in [0.15, 0.2) is 11.5 Å². The molecule has 1 aliphatic carbocycles. The third kappa shape index (κ3) is 4.71. The van der Waals surface area contributed by atoms with Gasteiger partial charge in [-0.25, -0.2) is 9.37 Å². The van der Waals surface area contributed by atoms with Gasteiger partial charge in [-0.05, 0) is 31.5 Å². The maximum Gasteiger partial charge on any atom is 0.314 e. The van der Waals surface area contributed by atoms with E-state index in [-0.39, 0.29) is 17.4 Å². The number of imidazole rings is 1. The van der Waals surface area contributed by atoms with E-state index in [4.69, 9.17) is 0 Å². The summed E-state index contributed by atoms with van der Waals surface area (Å²) in [4.78, 5) is 44.0. The number of allylic oxidation sites excluding steroid dienone is 3. The Morgan fingerprint density at radius 3 is 2.58 bits per heavy atom. The molecule has 2 heterocycles. The molecule has 0 aromatic carbocycles. The number of alkyl halides is 1. The van der Waals surface area contributed by atoms with Crippen LogP contribution in [0.1, 0.15) is 49.2 Å². The van der Waals surface area contributed by atoms with E-state index < -0.39 is 34.9 Å². The minimum absolute atomic E-state index is 0.000944. The first kappa shape index (κ1) is 24.6. The van der Waals surface area contributed by atoms with Crippen LogP contribution in [0.3, 0.4) is 0 Å². The Morgan fingerprint density at radius 2 is 1.97 bits per heavy atom. The highest BCUT2D eigenvalue weighted by molar-refractivity contribution is 5.97. The molecular weight excluding hydrogens is 429 g/mol. The molecule has 33 heavy (non-hydrogen) atoms. The summed E-state index contributed by atoms with van der Waals surface area (Å²) in [6, 6.07) is -0.845. The Labute approximate surface area is 192 Å². The number of carboxylic acids is 1. The van der Waals surface area contributed by atoms with E-state index >= 15 is 4.39 Å². The maximum atomic E-state index is 16.3. The number of aromatic nitrogens is 2. The number of rotatable bonds is 5. The van der Waals surface area contributed by atoms with E-state index in [9.17, 15) is 19.5 Å². The lowest BCUT2D eigenvalue weighted by Crippen LogP contribution is -2.53. The molecule has 3 atom stereocenters. The van der Waals surface area contributed by atoms with Crippen molar-refractivity contribution in [2.24, 2.45) is 11.3 Å². The van der Waals surface area contributed by atoms with E-state index in [1.807, 2.05) is 32.7 Å². The zero-order valence-electron chi connectivity index (χ0n) is 19.7. The van der Waals surface area contributed by atoms with Gasteiger partial charge in [0.1, 0.15) is 12.0 Å². The van der Waals surface area contributed by atoms with Crippen LogP contribution in [0.4, 0.5) is 4.39 Å². The van der Waals surface area contributed by atoms with Gasteiger partial charge >= 0.3 is 5.97 Å². The molecule has 3 N–H and O–H groups in total. The number of carbonyl (C=O) groups is 3. The van der Waals surface area contributed by atoms with Crippen LogP contribution in [0.25, 0.3) is 0 Å². The number of carbonyl (C=O) groups excluding carboxylic acids is 2. The smallest absolute Gasteiger partial charge is 0.314 e. The number of nitrogens with zero attached hydrogens (tertiary/aromatic N) is 3. The van der Waals surface area contributed by atoms with Crippen LogP contribution in [0, 0.1) is 11.3 Å². The SMILES string of the molecule is CNC(=O)C(NC(=O)c1nc([C@]2(F)C=CC=C[C@H]2C(=O)O)n2c1CN(C)CCC2)C(C)(C)C. The molecule has 0 radical (unpaired) electrons. The third-order valence-corrected chi connectivity index (χ3v) is 6.09. The highest BCUT2D eigenvalue weighted by atomic mass is 19.1. The number of aliphatic carboxylic acids is 1. The van der Waals surface area contributed by atoms with E-state index in [1.165, 1.54) is 31.4 Å². The summed E-state index contributed by atoms with van der Waals surface area (Å²) in [6.45, 7) is 6.93. The fourth-order valence-electron chi connectivity index (χ4n) is 4.30. The first-order chi connectivity index (χ1) is 15.4. The number of halogens is 1. The summed E-state index contributed by atoms with van der Waals surface area (Å²) in [7, 11) is 3.38. The molecule has 0 spiro atoms. The summed E-state index contributed by atoms with van der Waals surface area (Å²) in [5.74, 6) is -3.86. The molecule has 1 aromatic rings. The van der Waals surface area contributed by atoms with Crippen LogP contribution >= 0.6 is 0 Å². The molecule has 0 fully saturated rings. The second kappa shape index (κ2) is 9.09. The maximum absolute atomic E-state index is 16.3. The number of carboxylic acid groups (broad SMARTS) is 1. The van der Waals surface area contributed by atoms with Crippen molar-refractivity contribution in [3.05, 3.63) is 41.5 Å². The molecule has 1 aromatic heterocycles. The summed E-state index contributed by atoms with van der Waals surface area (Å²) in [5, 5.41) is 15.0. The van der Waals surface area contributed by atoms with Crippen molar-refractivity contribution in [3.8, 4) is 0 Å². The second-order valence-corrected chi connectivity index (χ2v) is 9.69. The average Bonchev–Trinajstić information content (AvgIpc) is 2.98. The number of hydrogen-bond donors (Lipinski definition) is 3. The van der Waals surface area contributed by atoms with Crippen molar-refractivity contribution in [1.82, 2.24) is 25.1 Å². The average molecular weight is 462 g/mol. The zero-order chi connectivity index (χ0) is 24.6. The highest BCUT2D eigenvalue weighted by Crippen LogP contribution is 2.40. The summed E-state index contributed by atoms with van der Waals surface area (Å²) in [5.41, 5.74) is -2.50. The predicted molar refractivity (Wildman–Crippen MR) is 120 cm³/mol. The van der Waals surface area contributed by atoms with Crippen LogP contribution in [0.5, 0.6) is 0 Å². The van der Waals surface area contributed by atoms with Crippen LogP contribution in [-0.4, -0.2) is 64.0 Å². The quantitative estimate of drug-likeness (QED) is 0.613. The molecule has 0 bridgehead atoms. The van der Waals surface area contributed by atoms with Crippen molar-refractivity contribution in [2.75, 3.05) is 20.6 Å². The largest absolute Gasteiger partial charge is 0.481 e. The lowest BCUT2D eigenvalue weighted by Gasteiger charge is -2.29. The van der Waals surface area contributed by atoms with Crippen LogP contribution in [0.2, 0.25) is 0 Å². The summed E-state index contributed by atoms with van der Waals surface area (Å²) < 4.78 is 18.0. The summed E-state index contributed by atoms with van der Waals surface area (Å²) >= 11 is 0. The topological polar surface area (TPSA) is 117 Å². The Bertz CT molecular complexity index is 1010. The molecule has 0 saturated heterocycles. The van der Waals surface area contributed by atoms with Gasteiger partial charge in [0.25, 0.3) is 5.91 Å². The normalized spacial score (nSPS) is 24.0. The fraction of sp³-hybridized carbons (Fsp3) is 0.565. The molecule has 1 unspecified atom stereocenters. The van der Waals surface area contributed by atoms with Gasteiger partial charge in [0, 0.05) is 20.1 Å². The Kier molecular flexibility index (Phi) is 6.78. The fourth-order valence-corrected chi connectivity index (χ4v) is 4.30. The first-order valence-corrected chi connectivity index (χ1v) is 11.0. The van der Waals surface area contributed by atoms with E-state index in [2.05, 4.69) is 15.6 Å². The van der Waals surface area contributed by atoms with Crippen LogP contribution < -0.4 is 10.6 Å². The molecule has 180 valence electrons. The van der Waals surface area contributed by atoms with Crippen molar-refractivity contribution in [2.45, 2.75) is 52.0 Å². The first-order valence-electron chi connectivity index (χ1n) is 11.0. The van der Waals surface area contributed by atoms with E-state index in [0.717, 1.165) is 6.54 Å². The van der Waals surface area contributed by atoms with E-state index in [1.54, 1.807) is 4.57 Å². The van der Waals surface area contributed by atoms with Gasteiger partial charge in [-0.1, -0.05) is 39.0 Å². The summed E-state index contributed by atoms with van der Waals surface area (Å²) in [6.07, 6.45) is 6.09. The molecule has 1 aliphatic heterocycles. The Balaban J connectivity index is 2.12. The Hall–Kier alpha value is -3.01. The van der Waals surface area contributed by atoms with Crippen molar-refractivity contribution in [3.63, 3.8) is 0 Å². The van der Waals surface area contributed by atoms with Gasteiger partial charge in [-0.15, -0.1) is 0 Å². The Morgan fingerprint density at radius 1 is 1.27 bits per heavy atom. The van der Waals surface area contributed by atoms with Crippen molar-refractivity contribution >= 4 is 17.8 Å². The lowest BCUT2D eigenvalue weighted by molar-refractivity contribution is -0.144. The third-order valence-electron chi connectivity index (χ3n) is 6.09. The van der Waals surface area contributed by atoms with Gasteiger partial charge < -0.3 is 25.2 Å². The van der Waals surface area contributed by atoms with Crippen molar-refractivity contribution in [1.29, 1.82) is 0 Å². The van der Waals surface area contributed by atoms with E-state index in [0.29, 0.717) is 25.2 Å². The number of nitrogens with one attached hydrogen (secondary N) is 2. The minimum Gasteiger partial charge on any atom is -0.481 e. The van der Waals surface area contributed by atoms with Gasteiger partial charge in [0.2, 0.25) is 11.6 Å². The zero-order valence-corrected chi connectivity index (χ0v) is 19.7. The molecule has 3 rings (SSSR count). The minimum atomic E-state index is -2.42. The molecule has 10 heteroatoms. The number of hydrogen-bond acceptors (Lipinski definition) is 5. The number of amides is 2. The van der Waals surface area contributed by atoms with Crippen LogP contribution in [-0.2, 0) is 28.3 Å². The van der Waals surface area contributed by atoms with Crippen molar-refractivity contribution < 1.29 is 23.9 Å². The second-order valence-electron chi connectivity index (χ2n) is 9.69. The van der Waals surface area contributed by atoms with Crippen LogP contribution in [0.15, 0.2) is 24.3 Å². The predicted octanol–water partition coefficient (Wildman–Crippen LogP) is 1.60. The molecule has 2 amide bonds. The lowest BCUT2D eigenvalue weighted by atomic mass is 9.84. The standard InChI is InChI=1S/C23H32FN5O4/c1-22(2,3)17(19(31)25-4)27-18(30)16-15-13-28(5)11-8-12-29(15)21(26-16)23(24)10-7-6-9-14(23)20(32)33/h6-7,9-10,14,17H,8,11-13H2,1-5H3,(H,25,31)(H,27,30)(H,32,33)/t14-,17?,23-/m0/s1. The van der Waals surface area contributed by atoms with Gasteiger partial charge in [-0.3, -0.25) is 14.4 Å². The molecular formula is C23H32FN5O4. The van der Waals surface area contributed by atoms with Gasteiger partial charge in [0.05, 0.1) is 5.69 Å².